The van der Waals surface area contributed by atoms with Crippen LogP contribution in [-0.2, 0) is 10.5 Å². The molecule has 0 saturated heterocycles. The third-order valence-electron chi connectivity index (χ3n) is 2.38. The minimum absolute atomic E-state index is 0.122. The number of aromatic nitrogens is 1. The summed E-state index contributed by atoms with van der Waals surface area (Å²) in [6.07, 6.45) is 0. The number of carbonyl (C=O) groups is 1. The molecule has 0 aliphatic carbocycles. The first-order valence-corrected chi connectivity index (χ1v) is 7.70. The zero-order valence-corrected chi connectivity index (χ0v) is 13.0. The SMILES string of the molecule is Cc1cc(NC(=O)CSCc2ccc(Cl)c(Cl)c2)no1. The van der Waals surface area contributed by atoms with Crippen molar-refractivity contribution in [1.82, 2.24) is 5.16 Å². The lowest BCUT2D eigenvalue weighted by molar-refractivity contribution is -0.113. The van der Waals surface area contributed by atoms with Crippen molar-refractivity contribution in [3.8, 4) is 0 Å². The van der Waals surface area contributed by atoms with Crippen LogP contribution in [-0.4, -0.2) is 16.8 Å². The van der Waals surface area contributed by atoms with Gasteiger partial charge in [0, 0.05) is 11.8 Å². The van der Waals surface area contributed by atoms with E-state index in [1.54, 1.807) is 25.1 Å². The highest BCUT2D eigenvalue weighted by Gasteiger charge is 2.07. The lowest BCUT2D eigenvalue weighted by atomic mass is 10.2. The molecule has 1 aromatic heterocycles. The Morgan fingerprint density at radius 2 is 2.15 bits per heavy atom. The van der Waals surface area contributed by atoms with Crippen LogP contribution in [0.5, 0.6) is 0 Å². The number of thioether (sulfide) groups is 1. The van der Waals surface area contributed by atoms with Crippen LogP contribution in [0, 0.1) is 6.92 Å². The number of anilines is 1. The molecule has 0 bridgehead atoms. The summed E-state index contributed by atoms with van der Waals surface area (Å²) in [6.45, 7) is 1.77. The van der Waals surface area contributed by atoms with Crippen LogP contribution in [0.3, 0.4) is 0 Å². The molecule has 4 nitrogen and oxygen atoms in total. The second kappa shape index (κ2) is 7.02. The van der Waals surface area contributed by atoms with Crippen LogP contribution in [0.4, 0.5) is 5.82 Å². The van der Waals surface area contributed by atoms with Gasteiger partial charge in [0.25, 0.3) is 0 Å². The summed E-state index contributed by atoms with van der Waals surface area (Å²) in [6, 6.07) is 7.11. The van der Waals surface area contributed by atoms with Crippen LogP contribution >= 0.6 is 35.0 Å². The fraction of sp³-hybridized carbons (Fsp3) is 0.231. The van der Waals surface area contributed by atoms with Crippen LogP contribution in [0.15, 0.2) is 28.8 Å². The Kier molecular flexibility index (Phi) is 5.34. The normalized spacial score (nSPS) is 10.6. The predicted octanol–water partition coefficient (Wildman–Crippen LogP) is 4.16. The van der Waals surface area contributed by atoms with Crippen molar-refractivity contribution in [2.75, 3.05) is 11.1 Å². The first-order chi connectivity index (χ1) is 9.54. The zero-order chi connectivity index (χ0) is 14.5. The summed E-state index contributed by atoms with van der Waals surface area (Å²) in [4.78, 5) is 11.7. The number of amides is 1. The van der Waals surface area contributed by atoms with Crippen molar-refractivity contribution in [3.05, 3.63) is 45.6 Å². The monoisotopic (exact) mass is 330 g/mol. The Bertz CT molecular complexity index is 616. The Hall–Kier alpha value is -1.17. The van der Waals surface area contributed by atoms with E-state index in [0.29, 0.717) is 33.1 Å². The Balaban J connectivity index is 1.77. The van der Waals surface area contributed by atoms with Crippen LogP contribution in [0.25, 0.3) is 0 Å². The predicted molar refractivity (Wildman–Crippen MR) is 82.5 cm³/mol. The number of rotatable bonds is 5. The van der Waals surface area contributed by atoms with Gasteiger partial charge in [-0.1, -0.05) is 34.4 Å². The van der Waals surface area contributed by atoms with Crippen molar-refractivity contribution in [1.29, 1.82) is 0 Å². The maximum absolute atomic E-state index is 11.7. The first-order valence-electron chi connectivity index (χ1n) is 5.79. The summed E-state index contributed by atoms with van der Waals surface area (Å²) >= 11 is 13.2. The average molecular weight is 331 g/mol. The topological polar surface area (TPSA) is 55.1 Å². The molecular formula is C13H12Cl2N2O2S. The molecule has 0 spiro atoms. The quantitative estimate of drug-likeness (QED) is 0.894. The standard InChI is InChI=1S/C13H12Cl2N2O2S/c1-8-4-12(17-19-8)16-13(18)7-20-6-9-2-3-10(14)11(15)5-9/h2-5H,6-7H2,1H3,(H,16,17,18). The Labute approximate surface area is 130 Å². The minimum atomic E-state index is -0.122. The largest absolute Gasteiger partial charge is 0.360 e. The third kappa shape index (κ3) is 4.44. The average Bonchev–Trinajstić information content (AvgIpc) is 2.79. The number of nitrogens with zero attached hydrogens (tertiary/aromatic N) is 1. The molecule has 106 valence electrons. The lowest BCUT2D eigenvalue weighted by Crippen LogP contribution is -2.14. The Morgan fingerprint density at radius 1 is 1.35 bits per heavy atom. The molecule has 7 heteroatoms. The molecule has 2 aromatic rings. The van der Waals surface area contributed by atoms with Crippen molar-refractivity contribution >= 4 is 46.7 Å². The van der Waals surface area contributed by atoms with E-state index in [9.17, 15) is 4.79 Å². The van der Waals surface area contributed by atoms with E-state index >= 15 is 0 Å². The van der Waals surface area contributed by atoms with Crippen molar-refractivity contribution < 1.29 is 9.32 Å². The highest BCUT2D eigenvalue weighted by Crippen LogP contribution is 2.24. The molecule has 2 rings (SSSR count). The molecule has 0 radical (unpaired) electrons. The number of halogens is 2. The molecule has 0 saturated carbocycles. The van der Waals surface area contributed by atoms with Gasteiger partial charge in [-0.2, -0.15) is 0 Å². The number of nitrogens with one attached hydrogen (secondary N) is 1. The van der Waals surface area contributed by atoms with E-state index in [1.165, 1.54) is 11.8 Å². The summed E-state index contributed by atoms with van der Waals surface area (Å²) in [5, 5.41) is 7.40. The van der Waals surface area contributed by atoms with Crippen molar-refractivity contribution in [2.45, 2.75) is 12.7 Å². The van der Waals surface area contributed by atoms with Gasteiger partial charge < -0.3 is 9.84 Å². The van der Waals surface area contributed by atoms with E-state index in [1.807, 2.05) is 6.07 Å². The second-order valence-corrected chi connectivity index (χ2v) is 5.91. The van der Waals surface area contributed by atoms with Gasteiger partial charge in [0.05, 0.1) is 15.8 Å². The fourth-order valence-electron chi connectivity index (χ4n) is 1.50. The van der Waals surface area contributed by atoms with Gasteiger partial charge in [-0.3, -0.25) is 4.79 Å². The van der Waals surface area contributed by atoms with Crippen LogP contribution in [0.1, 0.15) is 11.3 Å². The number of hydrogen-bond acceptors (Lipinski definition) is 4. The first kappa shape index (κ1) is 15.2. The number of benzene rings is 1. The second-order valence-electron chi connectivity index (χ2n) is 4.11. The molecule has 0 unspecified atom stereocenters. The van der Waals surface area contributed by atoms with Gasteiger partial charge in [-0.25, -0.2) is 0 Å². The van der Waals surface area contributed by atoms with Gasteiger partial charge in [-0.05, 0) is 24.6 Å². The molecule has 0 aliphatic heterocycles. The van der Waals surface area contributed by atoms with E-state index in [-0.39, 0.29) is 5.91 Å². The number of aryl methyl sites for hydroxylation is 1. The van der Waals surface area contributed by atoms with Gasteiger partial charge in [0.15, 0.2) is 5.82 Å². The lowest BCUT2D eigenvalue weighted by Gasteiger charge is -2.03. The number of carbonyl (C=O) groups excluding carboxylic acids is 1. The number of hydrogen-bond donors (Lipinski definition) is 1. The van der Waals surface area contributed by atoms with Crippen LogP contribution in [0.2, 0.25) is 10.0 Å². The Morgan fingerprint density at radius 3 is 2.80 bits per heavy atom. The summed E-state index contributed by atoms with van der Waals surface area (Å²) in [5.41, 5.74) is 1.02. The highest BCUT2D eigenvalue weighted by molar-refractivity contribution is 7.99. The van der Waals surface area contributed by atoms with E-state index in [4.69, 9.17) is 27.7 Å². The fourth-order valence-corrected chi connectivity index (χ4v) is 2.59. The smallest absolute Gasteiger partial charge is 0.235 e. The molecule has 1 amide bonds. The molecule has 0 atom stereocenters. The van der Waals surface area contributed by atoms with Gasteiger partial charge >= 0.3 is 0 Å². The van der Waals surface area contributed by atoms with E-state index in [2.05, 4.69) is 10.5 Å². The molecule has 1 heterocycles. The van der Waals surface area contributed by atoms with Gasteiger partial charge in [0.2, 0.25) is 5.91 Å². The van der Waals surface area contributed by atoms with Gasteiger partial charge in [0.1, 0.15) is 5.76 Å². The molecular weight excluding hydrogens is 319 g/mol. The zero-order valence-electron chi connectivity index (χ0n) is 10.7. The molecule has 0 aliphatic rings. The van der Waals surface area contributed by atoms with Crippen LogP contribution < -0.4 is 5.32 Å². The maximum atomic E-state index is 11.7. The van der Waals surface area contributed by atoms with E-state index in [0.717, 1.165) is 5.56 Å². The minimum Gasteiger partial charge on any atom is -0.360 e. The molecule has 1 N–H and O–H groups in total. The van der Waals surface area contributed by atoms with Gasteiger partial charge in [-0.15, -0.1) is 11.8 Å². The molecule has 20 heavy (non-hydrogen) atoms. The summed E-state index contributed by atoms with van der Waals surface area (Å²) in [5.74, 6) is 1.98. The molecule has 1 aromatic carbocycles. The summed E-state index contributed by atoms with van der Waals surface area (Å²) in [7, 11) is 0. The summed E-state index contributed by atoms with van der Waals surface area (Å²) < 4.78 is 4.86. The third-order valence-corrected chi connectivity index (χ3v) is 4.12. The highest BCUT2D eigenvalue weighted by atomic mass is 35.5. The molecule has 0 fully saturated rings. The van der Waals surface area contributed by atoms with Crippen molar-refractivity contribution in [2.24, 2.45) is 0 Å². The van der Waals surface area contributed by atoms with Crippen molar-refractivity contribution in [3.63, 3.8) is 0 Å². The maximum Gasteiger partial charge on any atom is 0.235 e. The van der Waals surface area contributed by atoms with E-state index < -0.39 is 0 Å².